The smallest absolute Gasteiger partial charge is 0.301 e. The number of amides is 1. The van der Waals surface area contributed by atoms with Gasteiger partial charge in [0.2, 0.25) is 5.13 Å². The Kier molecular flexibility index (Phi) is 7.43. The fourth-order valence-electron chi connectivity index (χ4n) is 4.93. The van der Waals surface area contributed by atoms with E-state index in [1.54, 1.807) is 30.3 Å². The lowest BCUT2D eigenvalue weighted by Gasteiger charge is -2.22. The highest BCUT2D eigenvalue weighted by Gasteiger charge is 2.48. The van der Waals surface area contributed by atoms with E-state index in [0.29, 0.717) is 38.4 Å². The number of carbonyl (C=O) groups excluding carboxylic acids is 2. The summed E-state index contributed by atoms with van der Waals surface area (Å²) in [6.07, 6.45) is 0.616. The van der Waals surface area contributed by atoms with E-state index in [2.05, 4.69) is 10.2 Å². The van der Waals surface area contributed by atoms with Crippen molar-refractivity contribution < 1.29 is 24.4 Å². The Labute approximate surface area is 252 Å². The first kappa shape index (κ1) is 27.9. The molecule has 42 heavy (non-hydrogen) atoms. The van der Waals surface area contributed by atoms with Crippen molar-refractivity contribution in [3.8, 4) is 5.75 Å². The second-order valence-corrected chi connectivity index (χ2v) is 12.4. The molecule has 0 saturated carbocycles. The summed E-state index contributed by atoms with van der Waals surface area (Å²) in [6, 6.07) is 16.9. The fourth-order valence-corrected chi connectivity index (χ4v) is 6.88. The first-order chi connectivity index (χ1) is 20.2. The van der Waals surface area contributed by atoms with Gasteiger partial charge in [-0.05, 0) is 66.1 Å². The number of benzene rings is 3. The normalized spacial score (nSPS) is 19.1. The fraction of sp³-hybridized carbons (Fsp3) is 0.172. The van der Waals surface area contributed by atoms with Crippen LogP contribution in [0, 0.1) is 10.1 Å². The van der Waals surface area contributed by atoms with Crippen LogP contribution in [0.25, 0.3) is 5.76 Å². The summed E-state index contributed by atoms with van der Waals surface area (Å²) < 4.78 is 6.32. The monoisotopic (exact) mass is 620 g/mol. The van der Waals surface area contributed by atoms with Crippen molar-refractivity contribution >= 4 is 63.0 Å². The average molecular weight is 621 g/mol. The largest absolute Gasteiger partial charge is 0.507 e. The molecule has 13 heteroatoms. The molecule has 1 aromatic heterocycles. The lowest BCUT2D eigenvalue weighted by atomic mass is 9.94. The zero-order chi connectivity index (χ0) is 29.5. The first-order valence-corrected chi connectivity index (χ1v) is 14.9. The molecular formula is C29H21ClN4O6S2. The number of Topliss-reactive ketones (excluding diaryl/α,β-unsaturated/α-hetero) is 1. The third-order valence-corrected chi connectivity index (χ3v) is 9.29. The maximum Gasteiger partial charge on any atom is 0.301 e. The lowest BCUT2D eigenvalue weighted by molar-refractivity contribution is -0.384. The Morgan fingerprint density at radius 3 is 2.60 bits per heavy atom. The van der Waals surface area contributed by atoms with Crippen LogP contribution < -0.4 is 9.64 Å². The Balaban J connectivity index is 1.39. The number of nitrogens with zero attached hydrogens (tertiary/aromatic N) is 4. The number of nitro benzene ring substituents is 1. The van der Waals surface area contributed by atoms with Gasteiger partial charge >= 0.3 is 5.91 Å². The summed E-state index contributed by atoms with van der Waals surface area (Å²) in [7, 11) is 0. The van der Waals surface area contributed by atoms with Crippen LogP contribution >= 0.6 is 34.7 Å². The third-order valence-electron chi connectivity index (χ3n) is 6.91. The molecule has 0 aliphatic carbocycles. The average Bonchev–Trinajstić information content (AvgIpc) is 3.67. The van der Waals surface area contributed by atoms with E-state index in [1.165, 1.54) is 40.9 Å². The standard InChI is InChI=1S/C29H21ClN4O6S2/c1-15-12-19-13-18(6-11-22(19)40-15)25(35)23-24(17-4-9-21(10-5-17)34(38)39)33(27(37)26(23)36)28-31-32-29(42-28)41-14-16-2-7-20(30)8-3-16/h2-11,13,15,24,35H,12,14H2,1H3/b25-23+. The van der Waals surface area contributed by atoms with Gasteiger partial charge in [0.15, 0.2) is 4.34 Å². The van der Waals surface area contributed by atoms with Gasteiger partial charge in [-0.3, -0.25) is 24.6 Å². The number of aliphatic hydroxyl groups excluding tert-OH is 1. The zero-order valence-corrected chi connectivity index (χ0v) is 24.3. The van der Waals surface area contributed by atoms with E-state index in [-0.39, 0.29) is 28.3 Å². The molecule has 1 fully saturated rings. The predicted molar refractivity (Wildman–Crippen MR) is 159 cm³/mol. The first-order valence-electron chi connectivity index (χ1n) is 12.8. The minimum absolute atomic E-state index is 0.0211. The number of rotatable bonds is 7. The number of ether oxygens (including phenoxy) is 1. The van der Waals surface area contributed by atoms with Crippen molar-refractivity contribution in [2.75, 3.05) is 4.90 Å². The van der Waals surface area contributed by atoms with E-state index in [4.69, 9.17) is 16.3 Å². The van der Waals surface area contributed by atoms with Crippen LogP contribution in [-0.2, 0) is 21.8 Å². The van der Waals surface area contributed by atoms with Crippen LogP contribution in [0.5, 0.6) is 5.75 Å². The van der Waals surface area contributed by atoms with Gasteiger partial charge in [0.05, 0.1) is 16.5 Å². The van der Waals surface area contributed by atoms with Crippen LogP contribution in [-0.4, -0.2) is 38.0 Å². The molecule has 3 aromatic carbocycles. The van der Waals surface area contributed by atoms with E-state index in [1.807, 2.05) is 19.1 Å². The number of halogens is 1. The van der Waals surface area contributed by atoms with Crippen LogP contribution in [0.1, 0.15) is 35.2 Å². The van der Waals surface area contributed by atoms with Gasteiger partial charge in [0.1, 0.15) is 17.6 Å². The molecule has 2 atom stereocenters. The Bertz CT molecular complexity index is 1760. The summed E-state index contributed by atoms with van der Waals surface area (Å²) >= 11 is 8.51. The second kappa shape index (κ2) is 11.2. The number of ketones is 1. The topological polar surface area (TPSA) is 136 Å². The summed E-state index contributed by atoms with van der Waals surface area (Å²) in [4.78, 5) is 38.9. The van der Waals surface area contributed by atoms with Gasteiger partial charge in [-0.25, -0.2) is 0 Å². The lowest BCUT2D eigenvalue weighted by Crippen LogP contribution is -2.29. The molecule has 3 heterocycles. The third kappa shape index (κ3) is 5.24. The Hall–Kier alpha value is -4.26. The van der Waals surface area contributed by atoms with Crippen molar-refractivity contribution in [1.29, 1.82) is 0 Å². The molecule has 1 amide bonds. The molecule has 212 valence electrons. The number of aromatic nitrogens is 2. The molecule has 4 aromatic rings. The summed E-state index contributed by atoms with van der Waals surface area (Å²) in [5.74, 6) is -0.862. The van der Waals surface area contributed by atoms with Crippen LogP contribution in [0.15, 0.2) is 76.6 Å². The van der Waals surface area contributed by atoms with Crippen molar-refractivity contribution in [3.63, 3.8) is 0 Å². The highest BCUT2D eigenvalue weighted by molar-refractivity contribution is 8.00. The highest BCUT2D eigenvalue weighted by Crippen LogP contribution is 2.45. The molecule has 6 rings (SSSR count). The van der Waals surface area contributed by atoms with Gasteiger partial charge in [0, 0.05) is 34.9 Å². The van der Waals surface area contributed by atoms with Gasteiger partial charge < -0.3 is 9.84 Å². The van der Waals surface area contributed by atoms with Crippen molar-refractivity contribution in [1.82, 2.24) is 10.2 Å². The minimum atomic E-state index is -1.09. The van der Waals surface area contributed by atoms with E-state index < -0.39 is 22.7 Å². The molecule has 1 N–H and O–H groups in total. The number of hydrogen-bond acceptors (Lipinski definition) is 10. The summed E-state index contributed by atoms with van der Waals surface area (Å²) in [6.45, 7) is 1.93. The number of anilines is 1. The molecule has 0 spiro atoms. The number of non-ortho nitro benzene ring substituents is 1. The Morgan fingerprint density at radius 2 is 1.88 bits per heavy atom. The summed E-state index contributed by atoms with van der Waals surface area (Å²) in [5, 5.41) is 32.0. The van der Waals surface area contributed by atoms with Gasteiger partial charge in [-0.2, -0.15) is 0 Å². The molecule has 2 unspecified atom stereocenters. The number of nitro groups is 1. The van der Waals surface area contributed by atoms with Crippen LogP contribution in [0.3, 0.4) is 0 Å². The number of fused-ring (bicyclic) bond motifs is 1. The maximum absolute atomic E-state index is 13.5. The highest BCUT2D eigenvalue weighted by atomic mass is 35.5. The van der Waals surface area contributed by atoms with Gasteiger partial charge in [-0.1, -0.05) is 46.8 Å². The van der Waals surface area contributed by atoms with E-state index >= 15 is 0 Å². The quantitative estimate of drug-likeness (QED) is 0.0477. The van der Waals surface area contributed by atoms with Crippen LogP contribution in [0.2, 0.25) is 5.02 Å². The molecular weight excluding hydrogens is 600 g/mol. The molecule has 10 nitrogen and oxygen atoms in total. The molecule has 2 aliphatic heterocycles. The van der Waals surface area contributed by atoms with E-state index in [0.717, 1.165) is 22.5 Å². The SMILES string of the molecule is CC1Cc2cc(/C(O)=C3\C(=O)C(=O)N(c4nnc(SCc5ccc(Cl)cc5)s4)C3c3ccc([N+](=O)[O-])cc3)ccc2O1. The van der Waals surface area contributed by atoms with Crippen molar-refractivity contribution in [2.45, 2.75) is 35.6 Å². The van der Waals surface area contributed by atoms with E-state index in [9.17, 15) is 24.8 Å². The molecule has 1 saturated heterocycles. The molecule has 2 aliphatic rings. The molecule has 0 radical (unpaired) electrons. The number of hydrogen-bond donors (Lipinski definition) is 1. The summed E-state index contributed by atoms with van der Waals surface area (Å²) in [5.41, 5.74) is 2.34. The van der Waals surface area contributed by atoms with Crippen LogP contribution in [0.4, 0.5) is 10.8 Å². The van der Waals surface area contributed by atoms with Crippen molar-refractivity contribution in [2.24, 2.45) is 0 Å². The second-order valence-electron chi connectivity index (χ2n) is 9.74. The van der Waals surface area contributed by atoms with Gasteiger partial charge in [0.25, 0.3) is 11.5 Å². The van der Waals surface area contributed by atoms with Gasteiger partial charge in [-0.15, -0.1) is 10.2 Å². The predicted octanol–water partition coefficient (Wildman–Crippen LogP) is 6.34. The number of aliphatic hydroxyl groups is 1. The van der Waals surface area contributed by atoms with Crippen molar-refractivity contribution in [3.05, 3.63) is 110 Å². The number of thioether (sulfide) groups is 1. The zero-order valence-electron chi connectivity index (χ0n) is 21.9. The Morgan fingerprint density at radius 1 is 1.14 bits per heavy atom. The number of carbonyl (C=O) groups is 2. The maximum atomic E-state index is 13.5. The minimum Gasteiger partial charge on any atom is -0.507 e. The molecule has 0 bridgehead atoms.